The van der Waals surface area contributed by atoms with Crippen LogP contribution >= 0.6 is 11.8 Å². The van der Waals surface area contributed by atoms with Gasteiger partial charge in [0, 0.05) is 24.3 Å². The number of hydrazone groups is 1. The molecule has 2 aromatic rings. The van der Waals surface area contributed by atoms with Gasteiger partial charge in [0.05, 0.1) is 11.0 Å². The molecule has 2 aliphatic rings. The highest BCUT2D eigenvalue weighted by Crippen LogP contribution is 2.41. The second-order valence-corrected chi connectivity index (χ2v) is 9.79. The first kappa shape index (κ1) is 21.6. The zero-order valence-electron chi connectivity index (χ0n) is 18.3. The first-order valence-corrected chi connectivity index (χ1v) is 11.4. The predicted octanol–water partition coefficient (Wildman–Crippen LogP) is 5.33. The lowest BCUT2D eigenvalue weighted by Gasteiger charge is -2.41. The summed E-state index contributed by atoms with van der Waals surface area (Å²) in [6, 6.07) is 12.9. The zero-order chi connectivity index (χ0) is 22.2. The number of carbonyl (C=O) groups excluding carboxylic acids is 1. The summed E-state index contributed by atoms with van der Waals surface area (Å²) in [5.41, 5.74) is 7.70. The molecule has 1 amide bonds. The summed E-state index contributed by atoms with van der Waals surface area (Å²) in [5.74, 6) is 0.606. The Balaban J connectivity index is 1.79. The summed E-state index contributed by atoms with van der Waals surface area (Å²) in [4.78, 5) is 18.6. The molecule has 1 atom stereocenters. The van der Waals surface area contributed by atoms with Gasteiger partial charge < -0.3 is 4.90 Å². The molecule has 0 fully saturated rings. The van der Waals surface area contributed by atoms with Crippen LogP contribution in [0.5, 0.6) is 0 Å². The van der Waals surface area contributed by atoms with Crippen molar-refractivity contribution in [3.8, 4) is 0 Å². The fraction of sp³-hybridized carbons (Fsp3) is 0.375. The fourth-order valence-electron chi connectivity index (χ4n) is 4.16. The number of halogens is 1. The summed E-state index contributed by atoms with van der Waals surface area (Å²) >= 11 is 1.25. The lowest BCUT2D eigenvalue weighted by atomic mass is 9.76. The standard InChI is InChI=1S/C24H27FN4OS/c1-5-26-22(16-6-9-18(25)10-7-16)29-13-12-24(3,4)19-14-17(8-11-20(19)29)21-15(2)31-23(30)28-27-21/h6-11,14-15H,5,12-13H2,1-4H3,(H,28,30)/b26-22-. The van der Waals surface area contributed by atoms with E-state index in [2.05, 4.69) is 47.5 Å². The van der Waals surface area contributed by atoms with Crippen molar-refractivity contribution in [2.24, 2.45) is 10.1 Å². The minimum Gasteiger partial charge on any atom is -0.326 e. The van der Waals surface area contributed by atoms with E-state index in [0.717, 1.165) is 41.3 Å². The van der Waals surface area contributed by atoms with Crippen molar-refractivity contribution in [1.29, 1.82) is 0 Å². The number of anilines is 1. The third-order valence-electron chi connectivity index (χ3n) is 5.88. The highest BCUT2D eigenvalue weighted by Gasteiger charge is 2.34. The van der Waals surface area contributed by atoms with Crippen molar-refractivity contribution < 1.29 is 9.18 Å². The SMILES string of the molecule is CC/N=C(/c1ccc(F)cc1)N1CCC(C)(C)c2cc(C3=NNC(=O)SC3C)ccc21. The Bertz CT molecular complexity index is 1060. The number of hydrogen-bond acceptors (Lipinski definition) is 4. The van der Waals surface area contributed by atoms with Gasteiger partial charge in [0.15, 0.2) is 0 Å². The predicted molar refractivity (Wildman–Crippen MR) is 127 cm³/mol. The van der Waals surface area contributed by atoms with E-state index in [9.17, 15) is 9.18 Å². The number of nitrogens with zero attached hydrogens (tertiary/aromatic N) is 3. The molecule has 31 heavy (non-hydrogen) atoms. The number of amides is 1. The molecule has 0 radical (unpaired) electrons. The number of carbonyl (C=O) groups is 1. The lowest BCUT2D eigenvalue weighted by Crippen LogP contribution is -2.42. The minimum atomic E-state index is -0.253. The maximum absolute atomic E-state index is 13.5. The van der Waals surface area contributed by atoms with Gasteiger partial charge in [0.2, 0.25) is 0 Å². The molecule has 1 N–H and O–H groups in total. The monoisotopic (exact) mass is 438 g/mol. The van der Waals surface area contributed by atoms with Crippen LogP contribution in [0.3, 0.4) is 0 Å². The second kappa shape index (κ2) is 8.46. The van der Waals surface area contributed by atoms with E-state index in [1.165, 1.54) is 29.5 Å². The molecule has 0 saturated carbocycles. The van der Waals surface area contributed by atoms with Gasteiger partial charge >= 0.3 is 0 Å². The van der Waals surface area contributed by atoms with E-state index in [0.29, 0.717) is 6.54 Å². The van der Waals surface area contributed by atoms with Gasteiger partial charge in [-0.25, -0.2) is 9.82 Å². The summed E-state index contributed by atoms with van der Waals surface area (Å²) < 4.78 is 13.5. The number of hydrogen-bond donors (Lipinski definition) is 1. The molecule has 4 rings (SSSR count). The topological polar surface area (TPSA) is 57.1 Å². The lowest BCUT2D eigenvalue weighted by molar-refractivity contribution is 0.261. The van der Waals surface area contributed by atoms with Gasteiger partial charge in [-0.3, -0.25) is 9.79 Å². The molecule has 1 unspecified atom stereocenters. The van der Waals surface area contributed by atoms with Crippen LogP contribution in [0.15, 0.2) is 52.6 Å². The average molecular weight is 439 g/mol. The molecule has 7 heteroatoms. The van der Waals surface area contributed by atoms with E-state index >= 15 is 0 Å². The van der Waals surface area contributed by atoms with Crippen molar-refractivity contribution in [2.75, 3.05) is 18.0 Å². The van der Waals surface area contributed by atoms with Crippen LogP contribution in [0, 0.1) is 5.82 Å². The molecule has 0 saturated heterocycles. The van der Waals surface area contributed by atoms with Crippen molar-refractivity contribution in [3.63, 3.8) is 0 Å². The number of aliphatic imine (C=N–C) groups is 1. The molecular formula is C24H27FN4OS. The maximum Gasteiger partial charge on any atom is 0.299 e. The Morgan fingerprint density at radius 1 is 1.29 bits per heavy atom. The summed E-state index contributed by atoms with van der Waals surface area (Å²) in [6.45, 7) is 9.99. The summed E-state index contributed by atoms with van der Waals surface area (Å²) in [6.07, 6.45) is 0.959. The van der Waals surface area contributed by atoms with E-state index < -0.39 is 0 Å². The summed E-state index contributed by atoms with van der Waals surface area (Å²) in [5, 5.41) is 4.19. The molecule has 2 heterocycles. The Labute approximate surface area is 186 Å². The first-order valence-electron chi connectivity index (χ1n) is 10.6. The maximum atomic E-state index is 13.5. The highest BCUT2D eigenvalue weighted by atomic mass is 32.2. The number of benzene rings is 2. The Kier molecular flexibility index (Phi) is 5.88. The van der Waals surface area contributed by atoms with E-state index in [4.69, 9.17) is 4.99 Å². The van der Waals surface area contributed by atoms with Gasteiger partial charge in [-0.2, -0.15) is 5.10 Å². The number of amidine groups is 1. The number of fused-ring (bicyclic) bond motifs is 1. The Hall–Kier alpha value is -2.67. The molecule has 2 aromatic carbocycles. The molecule has 162 valence electrons. The van der Waals surface area contributed by atoms with Crippen molar-refractivity contribution in [3.05, 3.63) is 65.0 Å². The van der Waals surface area contributed by atoms with Crippen LogP contribution in [0.1, 0.15) is 50.8 Å². The van der Waals surface area contributed by atoms with Crippen molar-refractivity contribution >= 4 is 34.2 Å². The Morgan fingerprint density at radius 2 is 2.03 bits per heavy atom. The third kappa shape index (κ3) is 4.24. The normalized spacial score (nSPS) is 20.7. The number of rotatable bonds is 3. The van der Waals surface area contributed by atoms with Crippen LogP contribution in [0.4, 0.5) is 14.9 Å². The first-order chi connectivity index (χ1) is 14.8. The molecule has 5 nitrogen and oxygen atoms in total. The smallest absolute Gasteiger partial charge is 0.299 e. The van der Waals surface area contributed by atoms with Crippen LogP contribution in [-0.2, 0) is 5.41 Å². The van der Waals surface area contributed by atoms with E-state index in [1.54, 1.807) is 12.1 Å². The molecule has 0 bridgehead atoms. The van der Waals surface area contributed by atoms with Gasteiger partial charge in [-0.15, -0.1) is 0 Å². The molecule has 0 aliphatic carbocycles. The average Bonchev–Trinajstić information content (AvgIpc) is 2.73. The quantitative estimate of drug-likeness (QED) is 0.521. The van der Waals surface area contributed by atoms with Crippen molar-refractivity contribution in [1.82, 2.24) is 5.43 Å². The largest absolute Gasteiger partial charge is 0.326 e. The Morgan fingerprint density at radius 3 is 2.71 bits per heavy atom. The molecular weight excluding hydrogens is 411 g/mol. The second-order valence-electron chi connectivity index (χ2n) is 8.48. The van der Waals surface area contributed by atoms with E-state index in [1.807, 2.05) is 13.8 Å². The number of thioether (sulfide) groups is 1. The molecule has 0 spiro atoms. The van der Waals surface area contributed by atoms with Gasteiger partial charge in [-0.1, -0.05) is 31.7 Å². The fourth-order valence-corrected chi connectivity index (χ4v) is 4.88. The molecule has 2 aliphatic heterocycles. The van der Waals surface area contributed by atoms with E-state index in [-0.39, 0.29) is 21.7 Å². The van der Waals surface area contributed by atoms with Crippen LogP contribution in [-0.4, -0.2) is 35.1 Å². The van der Waals surface area contributed by atoms with Crippen LogP contribution in [0.25, 0.3) is 0 Å². The van der Waals surface area contributed by atoms with Gasteiger partial charge in [0.25, 0.3) is 5.24 Å². The third-order valence-corrected chi connectivity index (χ3v) is 6.76. The van der Waals surface area contributed by atoms with Gasteiger partial charge in [0.1, 0.15) is 11.7 Å². The van der Waals surface area contributed by atoms with Crippen molar-refractivity contribution in [2.45, 2.75) is 44.8 Å². The molecule has 0 aromatic heterocycles. The van der Waals surface area contributed by atoms with Gasteiger partial charge in [-0.05, 0) is 73.2 Å². The number of nitrogens with one attached hydrogen (secondary N) is 1. The zero-order valence-corrected chi connectivity index (χ0v) is 19.1. The summed E-state index contributed by atoms with van der Waals surface area (Å²) in [7, 11) is 0. The van der Waals surface area contributed by atoms with Crippen LogP contribution < -0.4 is 10.3 Å². The highest BCUT2D eigenvalue weighted by molar-refractivity contribution is 8.14. The van der Waals surface area contributed by atoms with Crippen LogP contribution in [0.2, 0.25) is 0 Å². The minimum absolute atomic E-state index is 0.00830.